The van der Waals surface area contributed by atoms with Gasteiger partial charge in [0.15, 0.2) is 0 Å². The van der Waals surface area contributed by atoms with E-state index in [0.29, 0.717) is 12.0 Å². The first-order chi connectivity index (χ1) is 8.65. The first-order valence-electron chi connectivity index (χ1n) is 6.29. The molecule has 0 amide bonds. The lowest BCUT2D eigenvalue weighted by molar-refractivity contribution is 0.361. The highest BCUT2D eigenvalue weighted by Gasteiger charge is 2.09. The summed E-state index contributed by atoms with van der Waals surface area (Å²) < 4.78 is 7.31. The third kappa shape index (κ3) is 3.43. The van der Waals surface area contributed by atoms with Crippen LogP contribution in [0.3, 0.4) is 0 Å². The van der Waals surface area contributed by atoms with E-state index in [4.69, 9.17) is 4.52 Å². The van der Waals surface area contributed by atoms with Gasteiger partial charge in [-0.05, 0) is 6.92 Å². The zero-order valence-electron chi connectivity index (χ0n) is 11.1. The topological polar surface area (TPSA) is 55.9 Å². The number of hydrogen-bond donors (Lipinski definition) is 1. The Bertz CT molecular complexity index is 461. The van der Waals surface area contributed by atoms with Gasteiger partial charge in [-0.3, -0.25) is 0 Å². The summed E-state index contributed by atoms with van der Waals surface area (Å²) in [5, 5.41) is 7.47. The van der Waals surface area contributed by atoms with Crippen LogP contribution in [-0.4, -0.2) is 20.7 Å². The summed E-state index contributed by atoms with van der Waals surface area (Å²) in [7, 11) is 0. The Kier molecular flexibility index (Phi) is 4.15. The van der Waals surface area contributed by atoms with Gasteiger partial charge in [-0.25, -0.2) is 4.98 Å². The van der Waals surface area contributed by atoms with Crippen molar-refractivity contribution in [2.75, 3.05) is 0 Å². The van der Waals surface area contributed by atoms with Crippen molar-refractivity contribution in [1.29, 1.82) is 0 Å². The minimum absolute atomic E-state index is 0.360. The predicted octanol–water partition coefficient (Wildman–Crippen LogP) is 2.17. The Balaban J connectivity index is 1.79. The molecule has 2 rings (SSSR count). The van der Waals surface area contributed by atoms with E-state index in [2.05, 4.69) is 40.8 Å². The summed E-state index contributed by atoms with van der Waals surface area (Å²) in [5.41, 5.74) is 0.955. The SMILES string of the molecule is CC(C)c1cc(CN[C@@H](C)Cn2ccnc2)no1. The molecular weight excluding hydrogens is 228 g/mol. The van der Waals surface area contributed by atoms with Crippen molar-refractivity contribution in [2.24, 2.45) is 0 Å². The van der Waals surface area contributed by atoms with Crippen molar-refractivity contribution in [2.45, 2.75) is 45.8 Å². The maximum absolute atomic E-state index is 5.26. The van der Waals surface area contributed by atoms with Gasteiger partial charge >= 0.3 is 0 Å². The highest BCUT2D eigenvalue weighted by molar-refractivity contribution is 5.08. The number of aromatic nitrogens is 3. The molecule has 0 aliphatic rings. The lowest BCUT2D eigenvalue weighted by Crippen LogP contribution is -2.29. The number of imidazole rings is 1. The number of rotatable bonds is 6. The van der Waals surface area contributed by atoms with Gasteiger partial charge in [0.1, 0.15) is 5.76 Å². The quantitative estimate of drug-likeness (QED) is 0.851. The van der Waals surface area contributed by atoms with Gasteiger partial charge in [-0.2, -0.15) is 0 Å². The van der Waals surface area contributed by atoms with Gasteiger partial charge < -0.3 is 14.4 Å². The molecule has 1 N–H and O–H groups in total. The third-order valence-electron chi connectivity index (χ3n) is 2.82. The summed E-state index contributed by atoms with van der Waals surface area (Å²) in [6.07, 6.45) is 5.58. The van der Waals surface area contributed by atoms with E-state index in [9.17, 15) is 0 Å². The van der Waals surface area contributed by atoms with Gasteiger partial charge in [0.25, 0.3) is 0 Å². The molecule has 98 valence electrons. The Labute approximate surface area is 107 Å². The van der Waals surface area contributed by atoms with Crippen LogP contribution in [0.4, 0.5) is 0 Å². The van der Waals surface area contributed by atoms with Crippen LogP contribution in [0, 0.1) is 0 Å². The van der Waals surface area contributed by atoms with Crippen molar-refractivity contribution in [3.05, 3.63) is 36.2 Å². The van der Waals surface area contributed by atoms with E-state index in [1.165, 1.54) is 0 Å². The molecule has 0 saturated heterocycles. The van der Waals surface area contributed by atoms with E-state index in [1.807, 2.05) is 18.6 Å². The Morgan fingerprint density at radius 2 is 2.22 bits per heavy atom. The van der Waals surface area contributed by atoms with Crippen LogP contribution in [0.25, 0.3) is 0 Å². The summed E-state index contributed by atoms with van der Waals surface area (Å²) in [6.45, 7) is 7.96. The first kappa shape index (κ1) is 12.8. The van der Waals surface area contributed by atoms with Crippen molar-refractivity contribution < 1.29 is 4.52 Å². The average molecular weight is 248 g/mol. The van der Waals surface area contributed by atoms with Crippen LogP contribution in [0.5, 0.6) is 0 Å². The molecule has 0 saturated carbocycles. The van der Waals surface area contributed by atoms with Crippen LogP contribution < -0.4 is 5.32 Å². The minimum atomic E-state index is 0.360. The molecule has 1 atom stereocenters. The van der Waals surface area contributed by atoms with E-state index < -0.39 is 0 Å². The molecule has 5 heteroatoms. The molecule has 2 aromatic rings. The van der Waals surface area contributed by atoms with Crippen LogP contribution in [0.15, 0.2) is 29.3 Å². The molecule has 2 heterocycles. The van der Waals surface area contributed by atoms with Gasteiger partial charge in [0.2, 0.25) is 0 Å². The van der Waals surface area contributed by atoms with Crippen molar-refractivity contribution in [3.63, 3.8) is 0 Å². The molecule has 0 aromatic carbocycles. The fourth-order valence-corrected chi connectivity index (χ4v) is 1.74. The largest absolute Gasteiger partial charge is 0.361 e. The average Bonchev–Trinajstić information content (AvgIpc) is 2.96. The molecule has 0 spiro atoms. The van der Waals surface area contributed by atoms with Crippen molar-refractivity contribution >= 4 is 0 Å². The second kappa shape index (κ2) is 5.82. The molecule has 0 radical (unpaired) electrons. The zero-order chi connectivity index (χ0) is 13.0. The van der Waals surface area contributed by atoms with Crippen LogP contribution >= 0.6 is 0 Å². The Morgan fingerprint density at radius 3 is 2.83 bits per heavy atom. The maximum Gasteiger partial charge on any atom is 0.139 e. The van der Waals surface area contributed by atoms with E-state index in [1.54, 1.807) is 6.20 Å². The normalized spacial score (nSPS) is 13.1. The Hall–Kier alpha value is -1.62. The predicted molar refractivity (Wildman–Crippen MR) is 69.1 cm³/mol. The van der Waals surface area contributed by atoms with E-state index in [0.717, 1.165) is 24.5 Å². The molecule has 0 unspecified atom stereocenters. The third-order valence-corrected chi connectivity index (χ3v) is 2.82. The molecule has 0 bridgehead atoms. The Morgan fingerprint density at radius 1 is 1.39 bits per heavy atom. The molecule has 5 nitrogen and oxygen atoms in total. The summed E-state index contributed by atoms with van der Waals surface area (Å²) in [5.74, 6) is 1.32. The summed E-state index contributed by atoms with van der Waals surface area (Å²) >= 11 is 0. The smallest absolute Gasteiger partial charge is 0.139 e. The van der Waals surface area contributed by atoms with E-state index in [-0.39, 0.29) is 0 Å². The van der Waals surface area contributed by atoms with Gasteiger partial charge in [-0.15, -0.1) is 0 Å². The van der Waals surface area contributed by atoms with Gasteiger partial charge in [0, 0.05) is 43.5 Å². The van der Waals surface area contributed by atoms with Crippen LogP contribution in [0.1, 0.15) is 38.1 Å². The summed E-state index contributed by atoms with van der Waals surface area (Å²) in [4.78, 5) is 4.02. The number of nitrogens with zero attached hydrogens (tertiary/aromatic N) is 3. The lowest BCUT2D eigenvalue weighted by Gasteiger charge is -2.12. The van der Waals surface area contributed by atoms with Gasteiger partial charge in [0.05, 0.1) is 12.0 Å². The number of hydrogen-bond acceptors (Lipinski definition) is 4. The molecular formula is C13H20N4O. The second-order valence-electron chi connectivity index (χ2n) is 4.92. The highest BCUT2D eigenvalue weighted by Crippen LogP contribution is 2.14. The van der Waals surface area contributed by atoms with Crippen molar-refractivity contribution in [1.82, 2.24) is 20.0 Å². The lowest BCUT2D eigenvalue weighted by atomic mass is 10.1. The highest BCUT2D eigenvalue weighted by atomic mass is 16.5. The fraction of sp³-hybridized carbons (Fsp3) is 0.538. The monoisotopic (exact) mass is 248 g/mol. The molecule has 2 aromatic heterocycles. The standard InChI is InChI=1S/C13H20N4O/c1-10(2)13-6-12(16-18-13)7-15-11(3)8-17-5-4-14-9-17/h4-6,9-11,15H,7-8H2,1-3H3/t11-/m0/s1. The van der Waals surface area contributed by atoms with Crippen LogP contribution in [-0.2, 0) is 13.1 Å². The first-order valence-corrected chi connectivity index (χ1v) is 6.29. The maximum atomic E-state index is 5.26. The van der Waals surface area contributed by atoms with Crippen molar-refractivity contribution in [3.8, 4) is 0 Å². The molecule has 0 fully saturated rings. The van der Waals surface area contributed by atoms with Gasteiger partial charge in [-0.1, -0.05) is 19.0 Å². The molecule has 18 heavy (non-hydrogen) atoms. The summed E-state index contributed by atoms with van der Waals surface area (Å²) in [6, 6.07) is 2.38. The molecule has 0 aliphatic heterocycles. The fourth-order valence-electron chi connectivity index (χ4n) is 1.74. The molecule has 0 aliphatic carbocycles. The van der Waals surface area contributed by atoms with E-state index >= 15 is 0 Å². The second-order valence-corrected chi connectivity index (χ2v) is 4.92. The van der Waals surface area contributed by atoms with Crippen LogP contribution in [0.2, 0.25) is 0 Å². The minimum Gasteiger partial charge on any atom is -0.361 e. The zero-order valence-corrected chi connectivity index (χ0v) is 11.1. The number of nitrogens with one attached hydrogen (secondary N) is 1.